The first kappa shape index (κ1) is 17.5. The van der Waals surface area contributed by atoms with E-state index < -0.39 is 0 Å². The SMILES string of the molecule is Cc1c([C@H](C)NC(=O)c2ccc(-n3cnnn3)cc2)cnn1-c1ccccn1. The van der Waals surface area contributed by atoms with Crippen molar-refractivity contribution >= 4 is 5.91 Å². The topological polar surface area (TPSA) is 103 Å². The van der Waals surface area contributed by atoms with Crippen LogP contribution in [0.5, 0.6) is 0 Å². The molecule has 9 heteroatoms. The van der Waals surface area contributed by atoms with E-state index in [4.69, 9.17) is 0 Å². The summed E-state index contributed by atoms with van der Waals surface area (Å²) < 4.78 is 3.29. The third-order valence-electron chi connectivity index (χ3n) is 4.47. The van der Waals surface area contributed by atoms with E-state index in [0.29, 0.717) is 5.56 Å². The molecule has 1 N–H and O–H groups in total. The maximum Gasteiger partial charge on any atom is 0.251 e. The highest BCUT2D eigenvalue weighted by atomic mass is 16.1. The van der Waals surface area contributed by atoms with Crippen molar-refractivity contribution in [2.45, 2.75) is 19.9 Å². The fraction of sp³-hybridized carbons (Fsp3) is 0.158. The van der Waals surface area contributed by atoms with Gasteiger partial charge in [-0.3, -0.25) is 4.79 Å². The fourth-order valence-corrected chi connectivity index (χ4v) is 2.96. The van der Waals surface area contributed by atoms with Gasteiger partial charge in [0.15, 0.2) is 5.82 Å². The summed E-state index contributed by atoms with van der Waals surface area (Å²) >= 11 is 0. The highest BCUT2D eigenvalue weighted by Gasteiger charge is 2.17. The molecule has 4 rings (SSSR count). The van der Waals surface area contributed by atoms with Gasteiger partial charge in [0.1, 0.15) is 6.33 Å². The van der Waals surface area contributed by atoms with Gasteiger partial charge in [0.25, 0.3) is 5.91 Å². The van der Waals surface area contributed by atoms with E-state index in [1.54, 1.807) is 41.3 Å². The molecule has 4 aromatic rings. The largest absolute Gasteiger partial charge is 0.345 e. The summed E-state index contributed by atoms with van der Waals surface area (Å²) in [7, 11) is 0. The smallest absolute Gasteiger partial charge is 0.251 e. The lowest BCUT2D eigenvalue weighted by Gasteiger charge is -2.14. The third kappa shape index (κ3) is 3.37. The van der Waals surface area contributed by atoms with E-state index >= 15 is 0 Å². The van der Waals surface area contributed by atoms with E-state index in [9.17, 15) is 4.79 Å². The van der Waals surface area contributed by atoms with Crippen LogP contribution in [0.25, 0.3) is 11.5 Å². The Balaban J connectivity index is 1.48. The van der Waals surface area contributed by atoms with Gasteiger partial charge in [0.05, 0.1) is 17.9 Å². The summed E-state index contributed by atoms with van der Waals surface area (Å²) in [5.74, 6) is 0.573. The molecule has 28 heavy (non-hydrogen) atoms. The molecule has 1 amide bonds. The van der Waals surface area contributed by atoms with Crippen LogP contribution >= 0.6 is 0 Å². The molecular formula is C19H18N8O. The van der Waals surface area contributed by atoms with Crippen LogP contribution in [0.15, 0.2) is 61.2 Å². The molecule has 3 heterocycles. The van der Waals surface area contributed by atoms with Gasteiger partial charge in [0, 0.05) is 23.0 Å². The Labute approximate surface area is 161 Å². The summed E-state index contributed by atoms with van der Waals surface area (Å²) in [6.45, 7) is 3.89. The van der Waals surface area contributed by atoms with Crippen molar-refractivity contribution in [3.8, 4) is 11.5 Å². The first-order valence-electron chi connectivity index (χ1n) is 8.73. The quantitative estimate of drug-likeness (QED) is 0.573. The number of aromatic nitrogens is 7. The molecule has 9 nitrogen and oxygen atoms in total. The molecule has 1 aromatic carbocycles. The number of carbonyl (C=O) groups excluding carboxylic acids is 1. The van der Waals surface area contributed by atoms with Crippen LogP contribution in [0.1, 0.15) is 34.6 Å². The summed E-state index contributed by atoms with van der Waals surface area (Å²) in [6.07, 6.45) is 4.98. The molecule has 0 bridgehead atoms. The highest BCUT2D eigenvalue weighted by molar-refractivity contribution is 5.94. The van der Waals surface area contributed by atoms with Crippen LogP contribution in [-0.4, -0.2) is 40.9 Å². The first-order valence-corrected chi connectivity index (χ1v) is 8.73. The Kier molecular flexibility index (Phi) is 4.63. The van der Waals surface area contributed by atoms with Gasteiger partial charge < -0.3 is 5.32 Å². The first-order chi connectivity index (χ1) is 13.6. The number of hydrogen-bond donors (Lipinski definition) is 1. The van der Waals surface area contributed by atoms with Gasteiger partial charge in [-0.1, -0.05) is 6.07 Å². The third-order valence-corrected chi connectivity index (χ3v) is 4.47. The van der Waals surface area contributed by atoms with Gasteiger partial charge in [0.2, 0.25) is 0 Å². The zero-order valence-corrected chi connectivity index (χ0v) is 15.4. The Morgan fingerprint density at radius 2 is 1.96 bits per heavy atom. The second-order valence-electron chi connectivity index (χ2n) is 6.28. The Morgan fingerprint density at radius 1 is 1.14 bits per heavy atom. The monoisotopic (exact) mass is 374 g/mol. The average molecular weight is 374 g/mol. The van der Waals surface area contributed by atoms with E-state index in [2.05, 4.69) is 30.9 Å². The van der Waals surface area contributed by atoms with Gasteiger partial charge in [-0.25, -0.2) is 14.3 Å². The summed E-state index contributed by atoms with van der Waals surface area (Å²) in [5, 5.41) is 18.5. The van der Waals surface area contributed by atoms with Gasteiger partial charge >= 0.3 is 0 Å². The molecule has 0 saturated heterocycles. The van der Waals surface area contributed by atoms with E-state index in [-0.39, 0.29) is 11.9 Å². The molecule has 0 radical (unpaired) electrons. The highest BCUT2D eigenvalue weighted by Crippen LogP contribution is 2.20. The number of amides is 1. The predicted octanol–water partition coefficient (Wildman–Crippen LogP) is 2.04. The van der Waals surface area contributed by atoms with Crippen molar-refractivity contribution in [1.82, 2.24) is 40.3 Å². The minimum Gasteiger partial charge on any atom is -0.345 e. The lowest BCUT2D eigenvalue weighted by Crippen LogP contribution is -2.27. The minimum atomic E-state index is -0.204. The standard InChI is InChI=1S/C19H18N8O/c1-13(17-11-22-27(14(17)2)18-5-3-4-10-20-18)23-19(28)15-6-8-16(9-7-15)26-12-21-24-25-26/h3-13H,1-2H3,(H,23,28)/t13-/m0/s1. The summed E-state index contributed by atoms with van der Waals surface area (Å²) in [5.41, 5.74) is 3.20. The van der Waals surface area contributed by atoms with Gasteiger partial charge in [-0.2, -0.15) is 5.10 Å². The Hall–Kier alpha value is -3.88. The zero-order chi connectivity index (χ0) is 19.5. The van der Waals surface area contributed by atoms with E-state index in [1.165, 1.54) is 11.0 Å². The molecule has 3 aromatic heterocycles. The molecule has 0 fully saturated rings. The van der Waals surface area contributed by atoms with Crippen molar-refractivity contribution in [2.75, 3.05) is 0 Å². The number of nitrogens with one attached hydrogen (secondary N) is 1. The van der Waals surface area contributed by atoms with Crippen LogP contribution in [0, 0.1) is 6.92 Å². The molecule has 0 saturated carbocycles. The minimum absolute atomic E-state index is 0.166. The van der Waals surface area contributed by atoms with Gasteiger partial charge in [-0.15, -0.1) is 5.10 Å². The van der Waals surface area contributed by atoms with E-state index in [1.807, 2.05) is 32.0 Å². The van der Waals surface area contributed by atoms with Crippen molar-refractivity contribution in [1.29, 1.82) is 0 Å². The van der Waals surface area contributed by atoms with Crippen molar-refractivity contribution in [2.24, 2.45) is 0 Å². The summed E-state index contributed by atoms with van der Waals surface area (Å²) in [4.78, 5) is 16.9. The number of carbonyl (C=O) groups is 1. The zero-order valence-electron chi connectivity index (χ0n) is 15.4. The molecular weight excluding hydrogens is 356 g/mol. The van der Waals surface area contributed by atoms with Crippen LogP contribution in [0.3, 0.4) is 0 Å². The Morgan fingerprint density at radius 3 is 2.64 bits per heavy atom. The molecule has 0 spiro atoms. The molecule has 0 unspecified atom stereocenters. The number of benzene rings is 1. The maximum atomic E-state index is 12.6. The van der Waals surface area contributed by atoms with Crippen LogP contribution < -0.4 is 5.32 Å². The molecule has 140 valence electrons. The number of hydrogen-bond acceptors (Lipinski definition) is 6. The van der Waals surface area contributed by atoms with Crippen molar-refractivity contribution in [3.05, 3.63) is 78.0 Å². The number of nitrogens with zero attached hydrogens (tertiary/aromatic N) is 7. The maximum absolute atomic E-state index is 12.6. The van der Waals surface area contributed by atoms with Crippen molar-refractivity contribution in [3.63, 3.8) is 0 Å². The fourth-order valence-electron chi connectivity index (χ4n) is 2.96. The number of tetrazole rings is 1. The van der Waals surface area contributed by atoms with Crippen molar-refractivity contribution < 1.29 is 4.79 Å². The number of pyridine rings is 1. The molecule has 0 aliphatic rings. The van der Waals surface area contributed by atoms with Crippen LogP contribution in [0.4, 0.5) is 0 Å². The van der Waals surface area contributed by atoms with Crippen LogP contribution in [0.2, 0.25) is 0 Å². The van der Waals surface area contributed by atoms with E-state index in [0.717, 1.165) is 22.8 Å². The van der Waals surface area contributed by atoms with Gasteiger partial charge in [-0.05, 0) is 60.7 Å². The molecule has 0 aliphatic carbocycles. The summed E-state index contributed by atoms with van der Waals surface area (Å²) in [6, 6.07) is 12.5. The second kappa shape index (κ2) is 7.39. The average Bonchev–Trinajstić information content (AvgIpc) is 3.39. The molecule has 1 atom stereocenters. The number of rotatable bonds is 5. The second-order valence-corrected chi connectivity index (χ2v) is 6.28. The predicted molar refractivity (Wildman–Crippen MR) is 101 cm³/mol. The lowest BCUT2D eigenvalue weighted by molar-refractivity contribution is 0.0940. The van der Waals surface area contributed by atoms with Crippen LogP contribution in [-0.2, 0) is 0 Å². The molecule has 0 aliphatic heterocycles. The Bertz CT molecular complexity index is 1070. The lowest BCUT2D eigenvalue weighted by atomic mass is 10.1. The normalized spacial score (nSPS) is 11.9.